The standard InChI is InChI=1S/C9H19NO3/c1-4-7(2)8(3)10-9(12)13-6-5-11/h7-8,11H,4-6H2,1-3H3,(H,10,12). The Morgan fingerprint density at radius 2 is 2.15 bits per heavy atom. The van der Waals surface area contributed by atoms with Crippen molar-refractivity contribution in [3.63, 3.8) is 0 Å². The van der Waals surface area contributed by atoms with E-state index in [1.54, 1.807) is 0 Å². The number of hydrogen-bond acceptors (Lipinski definition) is 3. The summed E-state index contributed by atoms with van der Waals surface area (Å²) in [4.78, 5) is 11.0. The molecule has 2 N–H and O–H groups in total. The number of amides is 1. The predicted octanol–water partition coefficient (Wildman–Crippen LogP) is 1.14. The van der Waals surface area contributed by atoms with Gasteiger partial charge in [0, 0.05) is 6.04 Å². The molecule has 0 aromatic heterocycles. The van der Waals surface area contributed by atoms with Crippen molar-refractivity contribution >= 4 is 6.09 Å². The monoisotopic (exact) mass is 189 g/mol. The second-order valence-electron chi connectivity index (χ2n) is 3.18. The summed E-state index contributed by atoms with van der Waals surface area (Å²) in [5.74, 6) is 0.432. The normalized spacial score (nSPS) is 14.8. The van der Waals surface area contributed by atoms with Crippen molar-refractivity contribution in [2.24, 2.45) is 5.92 Å². The van der Waals surface area contributed by atoms with E-state index >= 15 is 0 Å². The summed E-state index contributed by atoms with van der Waals surface area (Å²) in [7, 11) is 0. The van der Waals surface area contributed by atoms with Crippen molar-refractivity contribution in [3.8, 4) is 0 Å². The molecule has 4 heteroatoms. The summed E-state index contributed by atoms with van der Waals surface area (Å²) in [6.45, 7) is 6.00. The molecule has 0 heterocycles. The summed E-state index contributed by atoms with van der Waals surface area (Å²) >= 11 is 0. The maximum Gasteiger partial charge on any atom is 0.407 e. The number of ether oxygens (including phenoxy) is 1. The third-order valence-corrected chi connectivity index (χ3v) is 2.17. The van der Waals surface area contributed by atoms with Crippen LogP contribution in [0.25, 0.3) is 0 Å². The fourth-order valence-electron chi connectivity index (χ4n) is 0.862. The molecule has 0 aliphatic rings. The molecule has 0 saturated carbocycles. The van der Waals surface area contributed by atoms with Crippen LogP contribution >= 0.6 is 0 Å². The Labute approximate surface area is 79.3 Å². The highest BCUT2D eigenvalue weighted by Gasteiger charge is 2.13. The average Bonchev–Trinajstić information content (AvgIpc) is 2.13. The first-order valence-corrected chi connectivity index (χ1v) is 4.66. The van der Waals surface area contributed by atoms with Gasteiger partial charge in [-0.2, -0.15) is 0 Å². The van der Waals surface area contributed by atoms with Gasteiger partial charge in [0.1, 0.15) is 6.61 Å². The maximum atomic E-state index is 11.0. The van der Waals surface area contributed by atoms with Crippen LogP contribution in [0, 0.1) is 5.92 Å². The lowest BCUT2D eigenvalue weighted by Crippen LogP contribution is -2.37. The van der Waals surface area contributed by atoms with E-state index in [-0.39, 0.29) is 19.3 Å². The zero-order chi connectivity index (χ0) is 10.3. The quantitative estimate of drug-likeness (QED) is 0.681. The SMILES string of the molecule is CCC(C)C(C)NC(=O)OCCO. The molecule has 0 aliphatic heterocycles. The highest BCUT2D eigenvalue weighted by Crippen LogP contribution is 2.06. The number of rotatable bonds is 5. The zero-order valence-corrected chi connectivity index (χ0v) is 8.54. The molecule has 13 heavy (non-hydrogen) atoms. The van der Waals surface area contributed by atoms with Crippen LogP contribution in [0.15, 0.2) is 0 Å². The first kappa shape index (κ1) is 12.2. The molecule has 78 valence electrons. The first-order valence-electron chi connectivity index (χ1n) is 4.66. The van der Waals surface area contributed by atoms with Gasteiger partial charge in [0.15, 0.2) is 0 Å². The Kier molecular flexibility index (Phi) is 6.32. The summed E-state index contributed by atoms with van der Waals surface area (Å²) in [5, 5.41) is 11.1. The average molecular weight is 189 g/mol. The molecule has 0 aliphatic carbocycles. The molecule has 0 aromatic rings. The molecule has 4 nitrogen and oxygen atoms in total. The molecule has 0 spiro atoms. The van der Waals surface area contributed by atoms with Gasteiger partial charge < -0.3 is 15.2 Å². The predicted molar refractivity (Wildman–Crippen MR) is 50.5 cm³/mol. The molecule has 0 fully saturated rings. The highest BCUT2D eigenvalue weighted by atomic mass is 16.6. The molecule has 2 unspecified atom stereocenters. The molecule has 0 radical (unpaired) electrons. The van der Waals surface area contributed by atoms with E-state index < -0.39 is 6.09 Å². The minimum atomic E-state index is -0.457. The molecular formula is C9H19NO3. The molecule has 0 saturated heterocycles. The number of nitrogens with one attached hydrogen (secondary N) is 1. The number of alkyl carbamates (subject to hydrolysis) is 1. The van der Waals surface area contributed by atoms with Gasteiger partial charge in [-0.25, -0.2) is 4.79 Å². The highest BCUT2D eigenvalue weighted by molar-refractivity contribution is 5.67. The van der Waals surface area contributed by atoms with Crippen LogP contribution in [0.4, 0.5) is 4.79 Å². The van der Waals surface area contributed by atoms with Gasteiger partial charge in [0.25, 0.3) is 0 Å². The van der Waals surface area contributed by atoms with E-state index in [2.05, 4.69) is 23.9 Å². The van der Waals surface area contributed by atoms with E-state index in [0.717, 1.165) is 6.42 Å². The molecular weight excluding hydrogens is 170 g/mol. The summed E-state index contributed by atoms with van der Waals surface area (Å²) in [5.41, 5.74) is 0. The van der Waals surface area contributed by atoms with Gasteiger partial charge in [-0.1, -0.05) is 20.3 Å². The van der Waals surface area contributed by atoms with Gasteiger partial charge >= 0.3 is 6.09 Å². The second-order valence-corrected chi connectivity index (χ2v) is 3.18. The molecule has 2 atom stereocenters. The Bertz CT molecular complexity index is 150. The van der Waals surface area contributed by atoms with Crippen LogP contribution in [0.3, 0.4) is 0 Å². The van der Waals surface area contributed by atoms with Crippen LogP contribution in [0.5, 0.6) is 0 Å². The largest absolute Gasteiger partial charge is 0.447 e. The molecule has 0 rings (SSSR count). The van der Waals surface area contributed by atoms with E-state index in [1.807, 2.05) is 6.92 Å². The van der Waals surface area contributed by atoms with Crippen molar-refractivity contribution in [3.05, 3.63) is 0 Å². The van der Waals surface area contributed by atoms with Crippen LogP contribution < -0.4 is 5.32 Å². The minimum absolute atomic E-state index is 0.0546. The molecule has 0 aromatic carbocycles. The summed E-state index contributed by atoms with van der Waals surface area (Å²) < 4.78 is 4.66. The van der Waals surface area contributed by atoms with Crippen LogP contribution in [-0.2, 0) is 4.74 Å². The van der Waals surface area contributed by atoms with E-state index in [0.29, 0.717) is 5.92 Å². The Morgan fingerprint density at radius 3 is 2.62 bits per heavy atom. The Hall–Kier alpha value is -0.770. The second kappa shape index (κ2) is 6.71. The van der Waals surface area contributed by atoms with Crippen molar-refractivity contribution in [2.75, 3.05) is 13.2 Å². The third-order valence-electron chi connectivity index (χ3n) is 2.17. The summed E-state index contributed by atoms with van der Waals surface area (Å²) in [6, 6.07) is 0.108. The molecule has 1 amide bonds. The van der Waals surface area contributed by atoms with Gasteiger partial charge in [0.05, 0.1) is 6.61 Å². The van der Waals surface area contributed by atoms with Crippen LogP contribution in [0.2, 0.25) is 0 Å². The van der Waals surface area contributed by atoms with Gasteiger partial charge in [-0.15, -0.1) is 0 Å². The van der Waals surface area contributed by atoms with Gasteiger partial charge in [-0.3, -0.25) is 0 Å². The van der Waals surface area contributed by atoms with E-state index in [1.165, 1.54) is 0 Å². The van der Waals surface area contributed by atoms with Crippen molar-refractivity contribution in [2.45, 2.75) is 33.2 Å². The number of hydrogen-bond donors (Lipinski definition) is 2. The fourth-order valence-corrected chi connectivity index (χ4v) is 0.862. The number of carbonyl (C=O) groups is 1. The zero-order valence-electron chi connectivity index (χ0n) is 8.54. The number of carbonyl (C=O) groups excluding carboxylic acids is 1. The first-order chi connectivity index (χ1) is 6.11. The third kappa shape index (κ3) is 5.47. The van der Waals surface area contributed by atoms with Gasteiger partial charge in [0.2, 0.25) is 0 Å². The number of aliphatic hydroxyl groups is 1. The van der Waals surface area contributed by atoms with E-state index in [4.69, 9.17) is 5.11 Å². The van der Waals surface area contributed by atoms with E-state index in [9.17, 15) is 4.79 Å². The molecule has 0 bridgehead atoms. The van der Waals surface area contributed by atoms with Crippen molar-refractivity contribution in [1.29, 1.82) is 0 Å². The topological polar surface area (TPSA) is 58.6 Å². The minimum Gasteiger partial charge on any atom is -0.447 e. The van der Waals surface area contributed by atoms with Crippen LogP contribution in [-0.4, -0.2) is 30.5 Å². The lowest BCUT2D eigenvalue weighted by Gasteiger charge is -2.19. The maximum absolute atomic E-state index is 11.0. The Morgan fingerprint density at radius 1 is 1.54 bits per heavy atom. The smallest absolute Gasteiger partial charge is 0.407 e. The fraction of sp³-hybridized carbons (Fsp3) is 0.889. The van der Waals surface area contributed by atoms with Crippen molar-refractivity contribution < 1.29 is 14.6 Å². The van der Waals surface area contributed by atoms with Crippen molar-refractivity contribution in [1.82, 2.24) is 5.32 Å². The summed E-state index contributed by atoms with van der Waals surface area (Å²) in [6.07, 6.45) is 0.559. The van der Waals surface area contributed by atoms with Crippen LogP contribution in [0.1, 0.15) is 27.2 Å². The number of aliphatic hydroxyl groups excluding tert-OH is 1. The lowest BCUT2D eigenvalue weighted by atomic mass is 10.0. The lowest BCUT2D eigenvalue weighted by molar-refractivity contribution is 0.114. The van der Waals surface area contributed by atoms with Gasteiger partial charge in [-0.05, 0) is 12.8 Å². The Balaban J connectivity index is 3.64.